The number of halogens is 1. The van der Waals surface area contributed by atoms with Gasteiger partial charge in [0.15, 0.2) is 0 Å². The quantitative estimate of drug-likeness (QED) is 0.838. The zero-order valence-electron chi connectivity index (χ0n) is 13.4. The summed E-state index contributed by atoms with van der Waals surface area (Å²) >= 11 is 5.93. The van der Waals surface area contributed by atoms with E-state index in [4.69, 9.17) is 11.6 Å². The number of rotatable bonds is 7. The number of benzene rings is 1. The Morgan fingerprint density at radius 3 is 2.88 bits per heavy atom. The van der Waals surface area contributed by atoms with Crippen LogP contribution in [-0.4, -0.2) is 22.2 Å². The third kappa shape index (κ3) is 4.68. The van der Waals surface area contributed by atoms with Crippen LogP contribution in [0.5, 0.6) is 0 Å². The average Bonchev–Trinajstić information content (AvgIpc) is 3.40. The molecular formula is C18H20ClN3O2. The summed E-state index contributed by atoms with van der Waals surface area (Å²) in [5.74, 6) is 0.463. The Bertz CT molecular complexity index is 784. The van der Waals surface area contributed by atoms with Gasteiger partial charge in [0.1, 0.15) is 0 Å². The predicted molar refractivity (Wildman–Crippen MR) is 93.3 cm³/mol. The fraction of sp³-hybridized carbons (Fsp3) is 0.389. The molecule has 0 radical (unpaired) electrons. The first-order chi connectivity index (χ1) is 11.6. The van der Waals surface area contributed by atoms with Crippen LogP contribution in [-0.2, 0) is 17.8 Å². The molecule has 1 saturated carbocycles. The summed E-state index contributed by atoms with van der Waals surface area (Å²) in [4.78, 5) is 23.7. The van der Waals surface area contributed by atoms with Gasteiger partial charge in [-0.15, -0.1) is 0 Å². The smallest absolute Gasteiger partial charge is 0.266 e. The third-order valence-electron chi connectivity index (χ3n) is 4.06. The summed E-state index contributed by atoms with van der Waals surface area (Å²) in [5, 5.41) is 7.88. The van der Waals surface area contributed by atoms with E-state index in [1.54, 1.807) is 12.1 Å². The molecule has 0 unspecified atom stereocenters. The number of amides is 1. The molecule has 0 bridgehead atoms. The number of aromatic nitrogens is 2. The van der Waals surface area contributed by atoms with Crippen molar-refractivity contribution in [1.82, 2.24) is 15.1 Å². The number of carbonyl (C=O) groups excluding carboxylic acids is 1. The Morgan fingerprint density at radius 2 is 2.12 bits per heavy atom. The van der Waals surface area contributed by atoms with Crippen molar-refractivity contribution in [3.63, 3.8) is 0 Å². The molecular weight excluding hydrogens is 326 g/mol. The van der Waals surface area contributed by atoms with Gasteiger partial charge in [0.2, 0.25) is 5.91 Å². The van der Waals surface area contributed by atoms with E-state index in [1.165, 1.54) is 4.68 Å². The SMILES string of the molecule is O=C(CCc1cccc(Cl)c1)NCCn1nc(C2CC2)ccc1=O. The Morgan fingerprint density at radius 1 is 1.29 bits per heavy atom. The average molecular weight is 346 g/mol. The van der Waals surface area contributed by atoms with Crippen molar-refractivity contribution >= 4 is 17.5 Å². The topological polar surface area (TPSA) is 64.0 Å². The van der Waals surface area contributed by atoms with Crippen molar-refractivity contribution in [2.24, 2.45) is 0 Å². The summed E-state index contributed by atoms with van der Waals surface area (Å²) < 4.78 is 1.44. The number of hydrogen-bond acceptors (Lipinski definition) is 3. The highest BCUT2D eigenvalue weighted by atomic mass is 35.5. The molecule has 0 spiro atoms. The molecule has 0 saturated heterocycles. The highest BCUT2D eigenvalue weighted by Crippen LogP contribution is 2.38. The molecule has 1 fully saturated rings. The number of hydrogen-bond donors (Lipinski definition) is 1. The van der Waals surface area contributed by atoms with Gasteiger partial charge in [-0.1, -0.05) is 23.7 Å². The summed E-state index contributed by atoms with van der Waals surface area (Å²) in [6.45, 7) is 0.789. The minimum absolute atomic E-state index is 0.0404. The van der Waals surface area contributed by atoms with Crippen molar-refractivity contribution in [2.45, 2.75) is 38.1 Å². The van der Waals surface area contributed by atoms with Crippen molar-refractivity contribution in [3.8, 4) is 0 Å². The molecule has 1 heterocycles. The number of carbonyl (C=O) groups is 1. The molecule has 24 heavy (non-hydrogen) atoms. The molecule has 6 heteroatoms. The Balaban J connectivity index is 1.45. The van der Waals surface area contributed by atoms with Crippen molar-refractivity contribution in [3.05, 3.63) is 63.0 Å². The fourth-order valence-corrected chi connectivity index (χ4v) is 2.77. The standard InChI is InChI=1S/C18H20ClN3O2/c19-15-3-1-2-13(12-15)4-8-17(23)20-10-11-22-18(24)9-7-16(21-22)14-5-6-14/h1-3,7,9,12,14H,4-6,8,10-11H2,(H,20,23). The second kappa shape index (κ2) is 7.62. The molecule has 1 aromatic carbocycles. The van der Waals surface area contributed by atoms with Gasteiger partial charge in [0, 0.05) is 30.0 Å². The lowest BCUT2D eigenvalue weighted by molar-refractivity contribution is -0.121. The Hall–Kier alpha value is -2.14. The molecule has 5 nitrogen and oxygen atoms in total. The van der Waals surface area contributed by atoms with Crippen LogP contribution < -0.4 is 10.9 Å². The molecule has 1 aromatic heterocycles. The summed E-state index contributed by atoms with van der Waals surface area (Å²) in [5.41, 5.74) is 1.88. The van der Waals surface area contributed by atoms with Gasteiger partial charge in [-0.25, -0.2) is 4.68 Å². The Kier molecular flexibility index (Phi) is 5.30. The first-order valence-electron chi connectivity index (χ1n) is 8.21. The van der Waals surface area contributed by atoms with E-state index in [0.717, 1.165) is 24.1 Å². The molecule has 126 valence electrons. The van der Waals surface area contributed by atoms with Crippen LogP contribution in [0.15, 0.2) is 41.2 Å². The second-order valence-electron chi connectivity index (χ2n) is 6.07. The third-order valence-corrected chi connectivity index (χ3v) is 4.29. The zero-order chi connectivity index (χ0) is 16.9. The van der Waals surface area contributed by atoms with Gasteiger partial charge in [-0.2, -0.15) is 5.10 Å². The van der Waals surface area contributed by atoms with Gasteiger partial charge in [0.05, 0.1) is 12.2 Å². The second-order valence-corrected chi connectivity index (χ2v) is 6.51. The lowest BCUT2D eigenvalue weighted by atomic mass is 10.1. The molecule has 3 rings (SSSR count). The minimum atomic E-state index is -0.132. The van der Waals surface area contributed by atoms with Crippen LogP contribution >= 0.6 is 11.6 Å². The molecule has 1 aliphatic carbocycles. The van der Waals surface area contributed by atoms with Gasteiger partial charge >= 0.3 is 0 Å². The summed E-state index contributed by atoms with van der Waals surface area (Å²) in [6, 6.07) is 10.9. The van der Waals surface area contributed by atoms with Gasteiger partial charge < -0.3 is 5.32 Å². The Labute approximate surface area is 145 Å². The van der Waals surface area contributed by atoms with E-state index in [0.29, 0.717) is 36.9 Å². The fourth-order valence-electron chi connectivity index (χ4n) is 2.56. The molecule has 1 N–H and O–H groups in total. The molecule has 0 atom stereocenters. The lowest BCUT2D eigenvalue weighted by Gasteiger charge is -2.08. The maximum Gasteiger partial charge on any atom is 0.266 e. The van der Waals surface area contributed by atoms with Crippen LogP contribution in [0.2, 0.25) is 5.02 Å². The highest BCUT2D eigenvalue weighted by molar-refractivity contribution is 6.30. The summed E-state index contributed by atoms with van der Waals surface area (Å²) in [7, 11) is 0. The van der Waals surface area contributed by atoms with E-state index in [9.17, 15) is 9.59 Å². The van der Waals surface area contributed by atoms with Crippen LogP contribution in [0.1, 0.15) is 36.4 Å². The number of nitrogens with zero attached hydrogens (tertiary/aromatic N) is 2. The van der Waals surface area contributed by atoms with Gasteiger partial charge in [0.25, 0.3) is 5.56 Å². The van der Waals surface area contributed by atoms with Crippen molar-refractivity contribution in [2.75, 3.05) is 6.54 Å². The van der Waals surface area contributed by atoms with Gasteiger partial charge in [-0.05, 0) is 43.0 Å². The van der Waals surface area contributed by atoms with E-state index < -0.39 is 0 Å². The van der Waals surface area contributed by atoms with E-state index in [2.05, 4.69) is 10.4 Å². The molecule has 2 aromatic rings. The lowest BCUT2D eigenvalue weighted by Crippen LogP contribution is -2.32. The maximum absolute atomic E-state index is 11.9. The van der Waals surface area contributed by atoms with Crippen LogP contribution in [0.3, 0.4) is 0 Å². The van der Waals surface area contributed by atoms with Gasteiger partial charge in [-0.3, -0.25) is 9.59 Å². The van der Waals surface area contributed by atoms with E-state index >= 15 is 0 Å². The number of nitrogens with one attached hydrogen (secondary N) is 1. The normalized spacial score (nSPS) is 13.7. The van der Waals surface area contributed by atoms with Crippen LogP contribution in [0.25, 0.3) is 0 Å². The molecule has 1 aliphatic rings. The monoisotopic (exact) mass is 345 g/mol. The van der Waals surface area contributed by atoms with Crippen molar-refractivity contribution < 1.29 is 4.79 Å². The van der Waals surface area contributed by atoms with E-state index in [-0.39, 0.29) is 11.5 Å². The summed E-state index contributed by atoms with van der Waals surface area (Å²) in [6.07, 6.45) is 3.32. The first kappa shape index (κ1) is 16.7. The van der Waals surface area contributed by atoms with Crippen LogP contribution in [0, 0.1) is 0 Å². The first-order valence-corrected chi connectivity index (χ1v) is 8.59. The zero-order valence-corrected chi connectivity index (χ0v) is 14.1. The minimum Gasteiger partial charge on any atom is -0.354 e. The maximum atomic E-state index is 11.9. The molecule has 0 aliphatic heterocycles. The highest BCUT2D eigenvalue weighted by Gasteiger charge is 2.25. The van der Waals surface area contributed by atoms with Crippen molar-refractivity contribution in [1.29, 1.82) is 0 Å². The predicted octanol–water partition coefficient (Wildman–Crippen LogP) is 2.52. The van der Waals surface area contributed by atoms with E-state index in [1.807, 2.05) is 24.3 Å². The van der Waals surface area contributed by atoms with Crippen LogP contribution in [0.4, 0.5) is 0 Å². The largest absolute Gasteiger partial charge is 0.354 e. The number of aryl methyl sites for hydroxylation is 1. The molecule has 1 amide bonds.